The summed E-state index contributed by atoms with van der Waals surface area (Å²) in [6.07, 6.45) is 8.60. The molecule has 0 aliphatic rings. The number of rotatable bonds is 15. The van der Waals surface area contributed by atoms with Crippen LogP contribution in [-0.4, -0.2) is 26.5 Å². The van der Waals surface area contributed by atoms with Crippen molar-refractivity contribution in [3.8, 4) is 0 Å². The molecule has 0 nitrogen and oxygen atoms in total. The molecule has 2 aromatic rings. The Morgan fingerprint density at radius 1 is 0.567 bits per heavy atom. The van der Waals surface area contributed by atoms with Crippen LogP contribution in [0.2, 0.25) is 29.8 Å². The summed E-state index contributed by atoms with van der Waals surface area (Å²) in [5, 5.41) is 3.33. The average Bonchev–Trinajstić information content (AvgIpc) is 2.81. The van der Waals surface area contributed by atoms with Crippen LogP contribution in [0.3, 0.4) is 0 Å². The van der Waals surface area contributed by atoms with Crippen molar-refractivity contribution in [3.05, 3.63) is 60.7 Å². The van der Waals surface area contributed by atoms with E-state index in [1.165, 1.54) is 50.6 Å². The molecular formula is C28H46SiSn. The van der Waals surface area contributed by atoms with Gasteiger partial charge in [0.25, 0.3) is 0 Å². The summed E-state index contributed by atoms with van der Waals surface area (Å²) in [7, 11) is -1.70. The van der Waals surface area contributed by atoms with Crippen LogP contribution in [0.5, 0.6) is 0 Å². The van der Waals surface area contributed by atoms with E-state index in [2.05, 4.69) is 88.4 Å². The first-order valence-corrected chi connectivity index (χ1v) is 23.3. The van der Waals surface area contributed by atoms with Gasteiger partial charge < -0.3 is 0 Å². The first-order chi connectivity index (χ1) is 14.7. The summed E-state index contributed by atoms with van der Waals surface area (Å²) in [4.78, 5) is 0. The average molecular weight is 529 g/mol. The second kappa shape index (κ2) is 13.8. The van der Waals surface area contributed by atoms with E-state index in [1.807, 2.05) is 0 Å². The zero-order chi connectivity index (χ0) is 21.7. The Bertz CT molecular complexity index is 621. The molecule has 0 atom stereocenters. The van der Waals surface area contributed by atoms with Gasteiger partial charge in [0.1, 0.15) is 0 Å². The second-order valence-corrected chi connectivity index (χ2v) is 28.3. The Morgan fingerprint density at radius 2 is 0.967 bits per heavy atom. The predicted octanol–water partition coefficient (Wildman–Crippen LogP) is 8.12. The minimum atomic E-state index is -2.12. The molecule has 0 amide bonds. The van der Waals surface area contributed by atoms with E-state index in [0.717, 1.165) is 0 Å². The normalized spacial score (nSPS) is 12.3. The van der Waals surface area contributed by atoms with Gasteiger partial charge in [0.05, 0.1) is 0 Å². The molecule has 0 aliphatic heterocycles. The van der Waals surface area contributed by atoms with Gasteiger partial charge in [0, 0.05) is 0 Å². The summed E-state index contributed by atoms with van der Waals surface area (Å²) in [6, 6.07) is 26.1. The number of benzene rings is 2. The molecule has 2 heteroatoms. The molecule has 0 spiro atoms. The van der Waals surface area contributed by atoms with Gasteiger partial charge in [-0.3, -0.25) is 0 Å². The van der Waals surface area contributed by atoms with Crippen LogP contribution in [-0.2, 0) is 0 Å². The first-order valence-electron chi connectivity index (χ1n) is 12.8. The quantitative estimate of drug-likeness (QED) is 0.205. The van der Waals surface area contributed by atoms with Crippen molar-refractivity contribution in [1.29, 1.82) is 0 Å². The fourth-order valence-corrected chi connectivity index (χ4v) is 32.1. The number of hydrogen-bond acceptors (Lipinski definition) is 0. The van der Waals surface area contributed by atoms with Crippen molar-refractivity contribution in [2.24, 2.45) is 0 Å². The van der Waals surface area contributed by atoms with Crippen LogP contribution in [0.15, 0.2) is 60.7 Å². The van der Waals surface area contributed by atoms with Crippen molar-refractivity contribution in [3.63, 3.8) is 0 Å². The predicted molar refractivity (Wildman–Crippen MR) is 143 cm³/mol. The third kappa shape index (κ3) is 6.98. The van der Waals surface area contributed by atoms with Crippen LogP contribution in [0.1, 0.15) is 66.2 Å². The molecule has 0 aromatic heterocycles. The molecule has 2 aromatic carbocycles. The molecule has 2 rings (SSSR count). The summed E-state index contributed by atoms with van der Waals surface area (Å²) in [6.45, 7) is 9.67. The minimum absolute atomic E-state index is 1.33. The van der Waals surface area contributed by atoms with E-state index < -0.39 is 26.5 Å². The molecule has 0 unspecified atom stereocenters. The Morgan fingerprint density at radius 3 is 1.30 bits per heavy atom. The van der Waals surface area contributed by atoms with Gasteiger partial charge in [-0.1, -0.05) is 0 Å². The maximum atomic E-state index is 2.48. The summed E-state index contributed by atoms with van der Waals surface area (Å²) in [5.41, 5.74) is 0. The van der Waals surface area contributed by atoms with Crippen LogP contribution in [0.25, 0.3) is 0 Å². The Labute approximate surface area is 192 Å². The standard InChI is InChI=1S/C16H19Si.3C4H9.Sn/c1-3-17(4-2,15-11-7-5-8-12-15)16-13-9-6-10-14-16;3*1-3-4-2;/h5-14H,1,3-4H2,2H3;3*1,3-4H2,2H3;. The Hall–Kier alpha value is -0.544. The van der Waals surface area contributed by atoms with Gasteiger partial charge in [0.2, 0.25) is 0 Å². The summed E-state index contributed by atoms with van der Waals surface area (Å²) >= 11 is -2.12. The zero-order valence-electron chi connectivity index (χ0n) is 20.3. The van der Waals surface area contributed by atoms with Crippen LogP contribution < -0.4 is 10.4 Å². The second-order valence-electron chi connectivity index (χ2n) is 9.48. The van der Waals surface area contributed by atoms with Crippen molar-refractivity contribution in [2.45, 2.75) is 96.1 Å². The molecule has 0 heterocycles. The zero-order valence-corrected chi connectivity index (χ0v) is 24.1. The molecular weight excluding hydrogens is 483 g/mol. The van der Waals surface area contributed by atoms with Crippen molar-refractivity contribution >= 4 is 36.8 Å². The molecule has 166 valence electrons. The first kappa shape index (κ1) is 25.7. The van der Waals surface area contributed by atoms with Gasteiger partial charge in [0.15, 0.2) is 0 Å². The molecule has 30 heavy (non-hydrogen) atoms. The van der Waals surface area contributed by atoms with Crippen molar-refractivity contribution < 1.29 is 0 Å². The van der Waals surface area contributed by atoms with E-state index in [-0.39, 0.29) is 0 Å². The van der Waals surface area contributed by atoms with Gasteiger partial charge >= 0.3 is 194 Å². The molecule has 0 radical (unpaired) electrons. The summed E-state index contributed by atoms with van der Waals surface area (Å²) < 4.78 is 6.55. The Balaban J connectivity index is 2.40. The third-order valence-electron chi connectivity index (χ3n) is 7.52. The van der Waals surface area contributed by atoms with Gasteiger partial charge in [-0.2, -0.15) is 0 Å². The maximum absolute atomic E-state index is 2.48. The van der Waals surface area contributed by atoms with Crippen LogP contribution in [0.4, 0.5) is 0 Å². The van der Waals surface area contributed by atoms with Crippen LogP contribution in [0, 0.1) is 0 Å². The summed E-state index contributed by atoms with van der Waals surface area (Å²) in [5.74, 6) is 0. The van der Waals surface area contributed by atoms with E-state index in [9.17, 15) is 0 Å². The number of hydrogen-bond donors (Lipinski definition) is 0. The molecule has 0 N–H and O–H groups in total. The molecule has 0 fully saturated rings. The molecule has 0 saturated heterocycles. The third-order valence-corrected chi connectivity index (χ3v) is 30.0. The molecule has 0 saturated carbocycles. The Kier molecular flexibility index (Phi) is 11.8. The van der Waals surface area contributed by atoms with Gasteiger partial charge in [-0.15, -0.1) is 0 Å². The van der Waals surface area contributed by atoms with Crippen LogP contribution >= 0.6 is 0 Å². The van der Waals surface area contributed by atoms with Gasteiger partial charge in [-0.25, -0.2) is 0 Å². The molecule has 0 bridgehead atoms. The monoisotopic (exact) mass is 530 g/mol. The van der Waals surface area contributed by atoms with E-state index in [4.69, 9.17) is 0 Å². The SMILES string of the molecule is CCC[CH2][Sn]([CH2]CCC)([CH2]CCC)[CH2]C[Si](CC)(c1ccccc1)c1ccccc1. The van der Waals surface area contributed by atoms with E-state index >= 15 is 0 Å². The van der Waals surface area contributed by atoms with Crippen molar-refractivity contribution in [2.75, 3.05) is 0 Å². The molecule has 0 aliphatic carbocycles. The topological polar surface area (TPSA) is 0 Å². The van der Waals surface area contributed by atoms with E-state index in [1.54, 1.807) is 28.1 Å². The van der Waals surface area contributed by atoms with E-state index in [0.29, 0.717) is 0 Å². The fourth-order valence-electron chi connectivity index (χ4n) is 5.44. The van der Waals surface area contributed by atoms with Gasteiger partial charge in [-0.05, 0) is 0 Å². The van der Waals surface area contributed by atoms with Crippen molar-refractivity contribution in [1.82, 2.24) is 0 Å². The number of unbranched alkanes of at least 4 members (excludes halogenated alkanes) is 3. The fraction of sp³-hybridized carbons (Fsp3) is 0.571.